The molecule has 1 N–H and O–H groups in total. The Morgan fingerprint density at radius 1 is 0.762 bits per heavy atom. The minimum Gasteiger partial charge on any atom is -0.320 e. The fraction of sp³-hybridized carbons (Fsp3) is 0.200. The first-order valence-corrected chi connectivity index (χ1v) is 13.1. The van der Waals surface area contributed by atoms with Crippen LogP contribution in [0.5, 0.6) is 0 Å². The third kappa shape index (κ3) is 6.02. The molecule has 0 aliphatic rings. The number of hydrogen-bond acceptors (Lipinski definition) is 2. The standard InChI is InChI=1S/C25H13F11I2N2O2/c1-40(21(42)18-14(26)6-3-7-15(18)27)13-5-2-4-11(8-13)20(41)39-19-16(37)9-12(10-17(19)38)22(28,24(31,32)33)23(29,30)25(34,35)36/h2-10H,1H3,(H,39,41). The van der Waals surface area contributed by atoms with E-state index in [9.17, 15) is 57.9 Å². The van der Waals surface area contributed by atoms with Gasteiger partial charge in [-0.1, -0.05) is 12.1 Å². The Morgan fingerprint density at radius 3 is 1.74 bits per heavy atom. The molecule has 0 bridgehead atoms. The van der Waals surface area contributed by atoms with Crippen molar-refractivity contribution >= 4 is 68.4 Å². The highest BCUT2D eigenvalue weighted by Crippen LogP contribution is 2.58. The minimum atomic E-state index is -6.90. The van der Waals surface area contributed by atoms with Gasteiger partial charge in [0.25, 0.3) is 11.8 Å². The normalized spacial score (nSPS) is 13.9. The minimum absolute atomic E-state index is 0.0307. The lowest BCUT2D eigenvalue weighted by Gasteiger charge is -2.36. The van der Waals surface area contributed by atoms with Crippen LogP contribution >= 0.6 is 45.2 Å². The third-order valence-electron chi connectivity index (χ3n) is 5.83. The topological polar surface area (TPSA) is 49.4 Å². The van der Waals surface area contributed by atoms with Crippen LogP contribution in [0.1, 0.15) is 26.3 Å². The van der Waals surface area contributed by atoms with Gasteiger partial charge in [-0.3, -0.25) is 9.59 Å². The van der Waals surface area contributed by atoms with Crippen LogP contribution in [0.4, 0.5) is 59.7 Å². The number of nitrogens with one attached hydrogen (secondary N) is 1. The molecular weight excluding hydrogens is 823 g/mol. The van der Waals surface area contributed by atoms with Crippen LogP contribution < -0.4 is 10.2 Å². The average Bonchev–Trinajstić information content (AvgIpc) is 2.88. The third-order valence-corrected chi connectivity index (χ3v) is 7.54. The van der Waals surface area contributed by atoms with E-state index in [1.165, 1.54) is 63.4 Å². The summed E-state index contributed by atoms with van der Waals surface area (Å²) in [6.45, 7) is 0. The van der Waals surface area contributed by atoms with E-state index in [1.807, 2.05) is 0 Å². The number of hydrogen-bond donors (Lipinski definition) is 1. The molecule has 0 aliphatic heterocycles. The number of carbonyl (C=O) groups excluding carboxylic acids is 2. The second-order valence-corrected chi connectivity index (χ2v) is 10.8. The van der Waals surface area contributed by atoms with Crippen molar-refractivity contribution in [2.75, 3.05) is 17.3 Å². The second kappa shape index (κ2) is 11.8. The quantitative estimate of drug-likeness (QED) is 0.200. The molecule has 3 rings (SSSR count). The molecule has 3 aromatic carbocycles. The van der Waals surface area contributed by atoms with Gasteiger partial charge in [0.2, 0.25) is 0 Å². The molecule has 1 unspecified atom stereocenters. The van der Waals surface area contributed by atoms with E-state index >= 15 is 0 Å². The summed E-state index contributed by atoms with van der Waals surface area (Å²) in [5, 5.41) is 2.24. The lowest BCUT2D eigenvalue weighted by atomic mass is 9.87. The number of halogens is 13. The van der Waals surface area contributed by atoms with Gasteiger partial charge < -0.3 is 10.2 Å². The number of carbonyl (C=O) groups is 2. The summed E-state index contributed by atoms with van der Waals surface area (Å²) in [6.07, 6.45) is -13.6. The van der Waals surface area contributed by atoms with Gasteiger partial charge >= 0.3 is 23.9 Å². The maximum absolute atomic E-state index is 14.9. The Morgan fingerprint density at radius 2 is 1.26 bits per heavy atom. The van der Waals surface area contributed by atoms with Crippen molar-refractivity contribution in [2.24, 2.45) is 0 Å². The number of anilines is 2. The molecule has 3 aromatic rings. The van der Waals surface area contributed by atoms with Crippen LogP contribution in [-0.4, -0.2) is 37.1 Å². The zero-order valence-electron chi connectivity index (χ0n) is 20.4. The summed E-state index contributed by atoms with van der Waals surface area (Å²) < 4.78 is 149. The van der Waals surface area contributed by atoms with Crippen LogP contribution in [-0.2, 0) is 5.67 Å². The van der Waals surface area contributed by atoms with E-state index in [2.05, 4.69) is 5.32 Å². The van der Waals surface area contributed by atoms with E-state index in [0.29, 0.717) is 0 Å². The van der Waals surface area contributed by atoms with Crippen LogP contribution in [0.2, 0.25) is 0 Å². The predicted molar refractivity (Wildman–Crippen MR) is 145 cm³/mol. The van der Waals surface area contributed by atoms with Crippen molar-refractivity contribution in [3.8, 4) is 0 Å². The highest BCUT2D eigenvalue weighted by molar-refractivity contribution is 14.1. The highest BCUT2D eigenvalue weighted by Gasteiger charge is 2.81. The molecule has 0 aliphatic carbocycles. The van der Waals surface area contributed by atoms with Gasteiger partial charge in [0.05, 0.1) is 5.69 Å². The van der Waals surface area contributed by atoms with Crippen LogP contribution in [0, 0.1) is 18.8 Å². The van der Waals surface area contributed by atoms with Gasteiger partial charge in [0.15, 0.2) is 0 Å². The largest absolute Gasteiger partial charge is 0.457 e. The van der Waals surface area contributed by atoms with Crippen molar-refractivity contribution in [1.29, 1.82) is 0 Å². The van der Waals surface area contributed by atoms with Gasteiger partial charge in [-0.15, -0.1) is 0 Å². The summed E-state index contributed by atoms with van der Waals surface area (Å²) in [7, 11) is 1.15. The fourth-order valence-corrected chi connectivity index (χ4v) is 5.68. The molecule has 17 heteroatoms. The molecule has 0 heterocycles. The van der Waals surface area contributed by atoms with Crippen molar-refractivity contribution in [3.05, 3.63) is 90.1 Å². The van der Waals surface area contributed by atoms with Crippen LogP contribution in [0.25, 0.3) is 0 Å². The molecule has 42 heavy (non-hydrogen) atoms. The van der Waals surface area contributed by atoms with Gasteiger partial charge in [-0.05, 0) is 87.6 Å². The monoisotopic (exact) mass is 836 g/mol. The van der Waals surface area contributed by atoms with E-state index < -0.39 is 65.7 Å². The maximum Gasteiger partial charge on any atom is 0.457 e. The summed E-state index contributed by atoms with van der Waals surface area (Å²) >= 11 is 2.43. The maximum atomic E-state index is 14.9. The lowest BCUT2D eigenvalue weighted by molar-refractivity contribution is -0.389. The van der Waals surface area contributed by atoms with Crippen molar-refractivity contribution in [3.63, 3.8) is 0 Å². The van der Waals surface area contributed by atoms with Crippen molar-refractivity contribution in [1.82, 2.24) is 0 Å². The fourth-order valence-electron chi connectivity index (χ4n) is 3.64. The molecule has 0 saturated heterocycles. The first-order valence-electron chi connectivity index (χ1n) is 11.0. The van der Waals surface area contributed by atoms with Crippen molar-refractivity contribution < 1.29 is 57.9 Å². The molecular formula is C25H13F11I2N2O2. The lowest BCUT2D eigenvalue weighted by Crippen LogP contribution is -2.59. The number of benzene rings is 3. The Balaban J connectivity index is 1.97. The molecule has 226 valence electrons. The molecule has 0 saturated carbocycles. The van der Waals surface area contributed by atoms with Crippen molar-refractivity contribution in [2.45, 2.75) is 23.9 Å². The molecule has 0 spiro atoms. The number of rotatable bonds is 6. The zero-order chi connectivity index (χ0) is 32.0. The Kier molecular flexibility index (Phi) is 9.46. The Bertz CT molecular complexity index is 1500. The molecule has 0 radical (unpaired) electrons. The number of nitrogens with zero attached hydrogens (tertiary/aromatic N) is 1. The SMILES string of the molecule is CN(C(=O)c1c(F)cccc1F)c1cccc(C(=O)Nc2c(I)cc(C(F)(C(F)(F)F)C(F)(F)C(F)(F)F)cc2I)c1. The number of amides is 2. The molecule has 2 amide bonds. The van der Waals surface area contributed by atoms with E-state index in [-0.39, 0.29) is 29.1 Å². The average molecular weight is 836 g/mol. The number of alkyl halides is 9. The van der Waals surface area contributed by atoms with Gasteiger partial charge in [0, 0.05) is 31.0 Å². The van der Waals surface area contributed by atoms with E-state index in [0.717, 1.165) is 36.2 Å². The summed E-state index contributed by atoms with van der Waals surface area (Å²) in [5.41, 5.74) is -9.69. The summed E-state index contributed by atoms with van der Waals surface area (Å²) in [4.78, 5) is 26.4. The second-order valence-electron chi connectivity index (χ2n) is 8.51. The van der Waals surface area contributed by atoms with Gasteiger partial charge in [-0.25, -0.2) is 13.2 Å². The first kappa shape index (κ1) is 33.8. The molecule has 1 atom stereocenters. The van der Waals surface area contributed by atoms with Crippen LogP contribution in [0.15, 0.2) is 54.6 Å². The molecule has 0 fully saturated rings. The Hall–Kier alpha value is -2.71. The summed E-state index contributed by atoms with van der Waals surface area (Å²) in [6, 6.07) is 7.81. The highest BCUT2D eigenvalue weighted by atomic mass is 127. The van der Waals surface area contributed by atoms with E-state index in [4.69, 9.17) is 0 Å². The molecule has 4 nitrogen and oxygen atoms in total. The van der Waals surface area contributed by atoms with Crippen LogP contribution in [0.3, 0.4) is 0 Å². The predicted octanol–water partition coefficient (Wildman–Crippen LogP) is 8.63. The smallest absolute Gasteiger partial charge is 0.320 e. The van der Waals surface area contributed by atoms with Gasteiger partial charge in [0.1, 0.15) is 17.2 Å². The Labute approximate surface area is 256 Å². The summed E-state index contributed by atoms with van der Waals surface area (Å²) in [5.74, 6) is -11.3. The first-order chi connectivity index (χ1) is 19.1. The van der Waals surface area contributed by atoms with E-state index in [1.54, 1.807) is 0 Å². The zero-order valence-corrected chi connectivity index (χ0v) is 24.7. The van der Waals surface area contributed by atoms with Gasteiger partial charge in [-0.2, -0.15) is 35.1 Å². The molecule has 0 aromatic heterocycles.